The van der Waals surface area contributed by atoms with Crippen LogP contribution in [0.5, 0.6) is 5.75 Å². The Labute approximate surface area is 120 Å². The van der Waals surface area contributed by atoms with E-state index in [9.17, 15) is 0 Å². The lowest BCUT2D eigenvalue weighted by molar-refractivity contribution is 0.288. The molecule has 0 bridgehead atoms. The van der Waals surface area contributed by atoms with E-state index in [1.807, 2.05) is 30.7 Å². The molecule has 0 saturated heterocycles. The van der Waals surface area contributed by atoms with E-state index in [0.29, 0.717) is 12.6 Å². The zero-order valence-electron chi connectivity index (χ0n) is 12.5. The SMILES string of the molecule is CCNCc1ccccc1OCc1cncn1C(C)C. The Morgan fingerprint density at radius 3 is 2.85 bits per heavy atom. The zero-order valence-corrected chi connectivity index (χ0v) is 12.5. The van der Waals surface area contributed by atoms with Crippen molar-refractivity contribution in [2.24, 2.45) is 0 Å². The Kier molecular flexibility index (Phi) is 5.18. The highest BCUT2D eigenvalue weighted by Crippen LogP contribution is 2.20. The molecule has 1 N–H and O–H groups in total. The van der Waals surface area contributed by atoms with Crippen LogP contribution in [0, 0.1) is 0 Å². The van der Waals surface area contributed by atoms with Crippen LogP contribution in [-0.4, -0.2) is 16.1 Å². The number of benzene rings is 1. The molecule has 108 valence electrons. The molecule has 0 aliphatic carbocycles. The number of nitrogens with one attached hydrogen (secondary N) is 1. The van der Waals surface area contributed by atoms with Crippen molar-refractivity contribution >= 4 is 0 Å². The van der Waals surface area contributed by atoms with E-state index < -0.39 is 0 Å². The van der Waals surface area contributed by atoms with Gasteiger partial charge in [-0.15, -0.1) is 0 Å². The summed E-state index contributed by atoms with van der Waals surface area (Å²) in [6.07, 6.45) is 3.72. The average Bonchev–Trinajstić information content (AvgIpc) is 2.92. The quantitative estimate of drug-likeness (QED) is 0.842. The number of aromatic nitrogens is 2. The molecule has 4 heteroatoms. The normalized spacial score (nSPS) is 11.0. The van der Waals surface area contributed by atoms with Gasteiger partial charge in [0.05, 0.1) is 18.2 Å². The predicted octanol–water partition coefficient (Wildman–Crippen LogP) is 3.15. The topological polar surface area (TPSA) is 39.1 Å². The van der Waals surface area contributed by atoms with Crippen molar-refractivity contribution in [3.8, 4) is 5.75 Å². The molecular weight excluding hydrogens is 250 g/mol. The van der Waals surface area contributed by atoms with Crippen molar-refractivity contribution in [3.63, 3.8) is 0 Å². The van der Waals surface area contributed by atoms with Crippen LogP contribution in [0.3, 0.4) is 0 Å². The van der Waals surface area contributed by atoms with Gasteiger partial charge in [-0.05, 0) is 26.5 Å². The van der Waals surface area contributed by atoms with Crippen LogP contribution in [0.25, 0.3) is 0 Å². The molecule has 2 aromatic rings. The van der Waals surface area contributed by atoms with Crippen molar-refractivity contribution in [1.29, 1.82) is 0 Å². The summed E-state index contributed by atoms with van der Waals surface area (Å²) in [5.41, 5.74) is 2.28. The summed E-state index contributed by atoms with van der Waals surface area (Å²) in [6.45, 7) is 8.71. The van der Waals surface area contributed by atoms with Gasteiger partial charge in [0, 0.05) is 18.2 Å². The van der Waals surface area contributed by atoms with Crippen LogP contribution in [0.1, 0.15) is 38.1 Å². The summed E-state index contributed by atoms with van der Waals surface area (Å²) >= 11 is 0. The second-order valence-corrected chi connectivity index (χ2v) is 5.06. The number of hydrogen-bond donors (Lipinski definition) is 1. The minimum atomic E-state index is 0.396. The molecular formula is C16H23N3O. The van der Waals surface area contributed by atoms with Crippen molar-refractivity contribution in [2.75, 3.05) is 6.54 Å². The van der Waals surface area contributed by atoms with Gasteiger partial charge >= 0.3 is 0 Å². The number of para-hydroxylation sites is 1. The van der Waals surface area contributed by atoms with Crippen LogP contribution in [0.2, 0.25) is 0 Å². The summed E-state index contributed by atoms with van der Waals surface area (Å²) in [7, 11) is 0. The fourth-order valence-electron chi connectivity index (χ4n) is 2.11. The molecule has 0 fully saturated rings. The Morgan fingerprint density at radius 1 is 1.30 bits per heavy atom. The Hall–Kier alpha value is -1.81. The Bertz CT molecular complexity index is 534. The lowest BCUT2D eigenvalue weighted by Gasteiger charge is -2.14. The first-order valence-electron chi connectivity index (χ1n) is 7.14. The van der Waals surface area contributed by atoms with Gasteiger partial charge in [0.2, 0.25) is 0 Å². The van der Waals surface area contributed by atoms with Crippen LogP contribution < -0.4 is 10.1 Å². The van der Waals surface area contributed by atoms with Crippen LogP contribution >= 0.6 is 0 Å². The fourth-order valence-corrected chi connectivity index (χ4v) is 2.11. The minimum absolute atomic E-state index is 0.396. The monoisotopic (exact) mass is 273 g/mol. The molecule has 2 rings (SSSR count). The highest BCUT2D eigenvalue weighted by atomic mass is 16.5. The van der Waals surface area contributed by atoms with Crippen molar-refractivity contribution in [2.45, 2.75) is 40.0 Å². The summed E-state index contributed by atoms with van der Waals surface area (Å²) in [5.74, 6) is 0.935. The average molecular weight is 273 g/mol. The largest absolute Gasteiger partial charge is 0.487 e. The maximum Gasteiger partial charge on any atom is 0.130 e. The van der Waals surface area contributed by atoms with Gasteiger partial charge in [-0.2, -0.15) is 0 Å². The fraction of sp³-hybridized carbons (Fsp3) is 0.438. The molecule has 0 spiro atoms. The Balaban J connectivity index is 2.05. The van der Waals surface area contributed by atoms with E-state index in [-0.39, 0.29) is 0 Å². The molecule has 0 atom stereocenters. The molecule has 0 saturated carbocycles. The maximum atomic E-state index is 5.97. The number of nitrogens with zero attached hydrogens (tertiary/aromatic N) is 2. The van der Waals surface area contributed by atoms with Gasteiger partial charge in [-0.1, -0.05) is 25.1 Å². The van der Waals surface area contributed by atoms with Crippen LogP contribution in [0.4, 0.5) is 0 Å². The first-order valence-corrected chi connectivity index (χ1v) is 7.14. The van der Waals surface area contributed by atoms with Crippen molar-refractivity contribution < 1.29 is 4.74 Å². The van der Waals surface area contributed by atoms with Crippen LogP contribution in [0.15, 0.2) is 36.8 Å². The van der Waals surface area contributed by atoms with E-state index in [0.717, 1.165) is 24.5 Å². The molecule has 20 heavy (non-hydrogen) atoms. The number of ether oxygens (including phenoxy) is 1. The van der Waals surface area contributed by atoms with E-state index in [1.54, 1.807) is 0 Å². The minimum Gasteiger partial charge on any atom is -0.487 e. The van der Waals surface area contributed by atoms with E-state index in [2.05, 4.69) is 41.7 Å². The maximum absolute atomic E-state index is 5.97. The van der Waals surface area contributed by atoms with Crippen molar-refractivity contribution in [3.05, 3.63) is 48.0 Å². The second-order valence-electron chi connectivity index (χ2n) is 5.06. The number of imidazole rings is 1. The van der Waals surface area contributed by atoms with Gasteiger partial charge in [-0.25, -0.2) is 4.98 Å². The molecule has 0 amide bonds. The summed E-state index contributed by atoms with van der Waals surface area (Å²) in [5, 5.41) is 3.33. The smallest absolute Gasteiger partial charge is 0.130 e. The van der Waals surface area contributed by atoms with Gasteiger partial charge in [0.25, 0.3) is 0 Å². The molecule has 1 heterocycles. The summed E-state index contributed by atoms with van der Waals surface area (Å²) < 4.78 is 8.10. The van der Waals surface area contributed by atoms with Gasteiger partial charge in [-0.3, -0.25) is 0 Å². The molecule has 0 aliphatic rings. The van der Waals surface area contributed by atoms with Crippen molar-refractivity contribution in [1.82, 2.24) is 14.9 Å². The lowest BCUT2D eigenvalue weighted by Crippen LogP contribution is -2.13. The third kappa shape index (κ3) is 3.61. The summed E-state index contributed by atoms with van der Waals surface area (Å²) in [6, 6.07) is 8.55. The molecule has 0 unspecified atom stereocenters. The standard InChI is InChI=1S/C16H23N3O/c1-4-17-9-14-7-5-6-8-16(14)20-11-15-10-18-12-19(15)13(2)3/h5-8,10,12-13,17H,4,9,11H2,1-3H3. The lowest BCUT2D eigenvalue weighted by atomic mass is 10.2. The molecule has 1 aromatic heterocycles. The van der Waals surface area contributed by atoms with E-state index in [4.69, 9.17) is 4.74 Å². The van der Waals surface area contributed by atoms with Crippen LogP contribution in [-0.2, 0) is 13.2 Å². The van der Waals surface area contributed by atoms with Gasteiger partial charge in [0.15, 0.2) is 0 Å². The molecule has 4 nitrogen and oxygen atoms in total. The second kappa shape index (κ2) is 7.10. The Morgan fingerprint density at radius 2 is 2.10 bits per heavy atom. The zero-order chi connectivity index (χ0) is 14.4. The summed E-state index contributed by atoms with van der Waals surface area (Å²) in [4.78, 5) is 4.20. The first kappa shape index (κ1) is 14.6. The molecule has 0 aliphatic heterocycles. The van der Waals surface area contributed by atoms with Gasteiger partial charge in [0.1, 0.15) is 12.4 Å². The van der Waals surface area contributed by atoms with Gasteiger partial charge < -0.3 is 14.6 Å². The number of hydrogen-bond acceptors (Lipinski definition) is 3. The van der Waals surface area contributed by atoms with E-state index in [1.165, 1.54) is 5.56 Å². The van der Waals surface area contributed by atoms with E-state index >= 15 is 0 Å². The predicted molar refractivity (Wildman–Crippen MR) is 80.8 cm³/mol. The first-order chi connectivity index (χ1) is 9.72. The molecule has 0 radical (unpaired) electrons. The molecule has 1 aromatic carbocycles. The highest BCUT2D eigenvalue weighted by Gasteiger charge is 2.07. The number of rotatable bonds is 7. The third-order valence-corrected chi connectivity index (χ3v) is 3.22. The highest BCUT2D eigenvalue weighted by molar-refractivity contribution is 5.33. The third-order valence-electron chi connectivity index (χ3n) is 3.22.